The summed E-state index contributed by atoms with van der Waals surface area (Å²) in [5.74, 6) is 1.09. The van der Waals surface area contributed by atoms with Crippen molar-refractivity contribution >= 4 is 29.2 Å². The van der Waals surface area contributed by atoms with E-state index < -0.39 is 5.54 Å². The van der Waals surface area contributed by atoms with Crippen LogP contribution in [0.4, 0.5) is 4.79 Å². The van der Waals surface area contributed by atoms with Crippen LogP contribution in [0.25, 0.3) is 0 Å². The van der Waals surface area contributed by atoms with Gasteiger partial charge in [0.1, 0.15) is 18.8 Å². The van der Waals surface area contributed by atoms with Gasteiger partial charge in [0.15, 0.2) is 11.5 Å². The van der Waals surface area contributed by atoms with Crippen LogP contribution in [0.3, 0.4) is 0 Å². The van der Waals surface area contributed by atoms with Crippen molar-refractivity contribution < 1.29 is 23.9 Å². The van der Waals surface area contributed by atoms with E-state index in [9.17, 15) is 14.4 Å². The van der Waals surface area contributed by atoms with E-state index >= 15 is 0 Å². The Bertz CT molecular complexity index is 1100. The molecule has 2 fully saturated rings. The lowest BCUT2D eigenvalue weighted by Gasteiger charge is -2.41. The molecule has 4 heterocycles. The van der Waals surface area contributed by atoms with E-state index in [0.29, 0.717) is 75.6 Å². The number of piperidine rings is 1. The first-order chi connectivity index (χ1) is 17.0. The molecule has 186 valence electrons. The second-order valence-corrected chi connectivity index (χ2v) is 10.4. The number of hydrogen-bond acceptors (Lipinski definition) is 6. The number of carbonyl (C=O) groups is 3. The molecule has 4 amide bonds. The van der Waals surface area contributed by atoms with Gasteiger partial charge in [-0.1, -0.05) is 19.4 Å². The number of likely N-dealkylation sites (tertiary alicyclic amines) is 1. The number of urea groups is 1. The molecule has 8 nitrogen and oxygen atoms in total. The topological polar surface area (TPSA) is 88.2 Å². The van der Waals surface area contributed by atoms with Crippen LogP contribution in [0, 0.1) is 5.92 Å². The summed E-state index contributed by atoms with van der Waals surface area (Å²) in [6.45, 7) is 4.49. The van der Waals surface area contributed by atoms with E-state index in [-0.39, 0.29) is 23.8 Å². The maximum atomic E-state index is 13.6. The molecule has 0 unspecified atom stereocenters. The van der Waals surface area contributed by atoms with Gasteiger partial charge in [0.2, 0.25) is 0 Å². The number of ether oxygens (including phenoxy) is 2. The Hall–Kier alpha value is -3.07. The number of carbonyl (C=O) groups excluding carboxylic acids is 3. The molecular weight excluding hydrogens is 466 g/mol. The van der Waals surface area contributed by atoms with E-state index in [1.54, 1.807) is 29.5 Å². The van der Waals surface area contributed by atoms with Crippen molar-refractivity contribution in [3.63, 3.8) is 0 Å². The number of nitrogens with zero attached hydrogens (tertiary/aromatic N) is 2. The minimum Gasteiger partial charge on any atom is -0.486 e. The molecule has 3 aliphatic rings. The van der Waals surface area contributed by atoms with Crippen LogP contribution in [0.1, 0.15) is 47.8 Å². The minimum atomic E-state index is -0.882. The van der Waals surface area contributed by atoms with Gasteiger partial charge in [-0.15, -0.1) is 11.3 Å². The summed E-state index contributed by atoms with van der Waals surface area (Å²) in [5.41, 5.74) is -0.311. The molecule has 3 aliphatic heterocycles. The van der Waals surface area contributed by atoms with E-state index in [1.165, 1.54) is 4.90 Å². The van der Waals surface area contributed by atoms with Crippen molar-refractivity contribution in [2.45, 2.75) is 44.6 Å². The third kappa shape index (κ3) is 4.49. The average molecular weight is 498 g/mol. The van der Waals surface area contributed by atoms with Crippen molar-refractivity contribution in [2.24, 2.45) is 5.92 Å². The highest BCUT2D eigenvalue weighted by atomic mass is 32.1. The fraction of sp³-hybridized carbons (Fsp3) is 0.500. The molecule has 0 bridgehead atoms. The fourth-order valence-electron chi connectivity index (χ4n) is 5.50. The van der Waals surface area contributed by atoms with Crippen LogP contribution in [0.2, 0.25) is 0 Å². The molecule has 1 N–H and O–H groups in total. The Morgan fingerprint density at radius 2 is 1.91 bits per heavy atom. The van der Waals surface area contributed by atoms with Gasteiger partial charge in [-0.2, -0.15) is 0 Å². The quantitative estimate of drug-likeness (QED) is 0.590. The average Bonchev–Trinajstić information content (AvgIpc) is 3.49. The largest absolute Gasteiger partial charge is 0.486 e. The molecule has 2 aromatic rings. The van der Waals surface area contributed by atoms with Crippen molar-refractivity contribution in [1.82, 2.24) is 15.1 Å². The lowest BCUT2D eigenvalue weighted by atomic mass is 9.74. The Balaban J connectivity index is 1.25. The van der Waals surface area contributed by atoms with Crippen LogP contribution in [0.15, 0.2) is 35.7 Å². The van der Waals surface area contributed by atoms with Gasteiger partial charge in [-0.3, -0.25) is 14.5 Å². The Kier molecular flexibility index (Phi) is 6.69. The molecule has 0 spiro atoms. The maximum absolute atomic E-state index is 13.6. The number of fused-ring (bicyclic) bond motifs is 1. The summed E-state index contributed by atoms with van der Waals surface area (Å²) in [6, 6.07) is 9.00. The predicted molar refractivity (Wildman–Crippen MR) is 132 cm³/mol. The summed E-state index contributed by atoms with van der Waals surface area (Å²) in [7, 11) is 0. The van der Waals surface area contributed by atoms with E-state index in [0.717, 1.165) is 11.3 Å². The van der Waals surface area contributed by atoms with Crippen molar-refractivity contribution in [2.75, 3.05) is 32.8 Å². The zero-order valence-corrected chi connectivity index (χ0v) is 20.8. The van der Waals surface area contributed by atoms with Crippen LogP contribution in [-0.2, 0) is 11.2 Å². The Morgan fingerprint density at radius 3 is 2.63 bits per heavy atom. The first kappa shape index (κ1) is 23.7. The third-order valence-corrected chi connectivity index (χ3v) is 8.21. The number of imide groups is 1. The van der Waals surface area contributed by atoms with Gasteiger partial charge in [0.25, 0.3) is 11.8 Å². The molecular formula is C26H31N3O5S. The SMILES string of the molecule is CCC[C@]1(C2CCN(C(=O)c3ccc4c(c3)OCCO4)CC2)NC(=O)N(CCc2cccs2)C1=O. The van der Waals surface area contributed by atoms with Gasteiger partial charge in [-0.05, 0) is 61.2 Å². The number of rotatable bonds is 7. The fourth-order valence-corrected chi connectivity index (χ4v) is 6.20. The van der Waals surface area contributed by atoms with Crippen LogP contribution in [0.5, 0.6) is 11.5 Å². The predicted octanol–water partition coefficient (Wildman–Crippen LogP) is 3.70. The standard InChI is InChI=1S/C26H31N3O5S/c1-2-10-26(24(31)29(25(32)27-26)13-9-20-4-3-16-35-20)19-7-11-28(12-8-19)23(30)18-5-6-21-22(17-18)34-15-14-33-21/h3-6,16-17,19H,2,7-15H2,1H3,(H,27,32)/t26-/m1/s1. The van der Waals surface area contributed by atoms with E-state index in [2.05, 4.69) is 5.32 Å². The highest BCUT2D eigenvalue weighted by molar-refractivity contribution is 7.09. The van der Waals surface area contributed by atoms with Crippen LogP contribution in [-0.4, -0.2) is 66.0 Å². The number of amides is 4. The number of thiophene rings is 1. The molecule has 1 aromatic carbocycles. The number of benzene rings is 1. The first-order valence-electron chi connectivity index (χ1n) is 12.4. The minimum absolute atomic E-state index is 0.00467. The summed E-state index contributed by atoms with van der Waals surface area (Å²) in [6.07, 6.45) is 3.40. The maximum Gasteiger partial charge on any atom is 0.325 e. The number of nitrogens with one attached hydrogen (secondary N) is 1. The number of hydrogen-bond donors (Lipinski definition) is 1. The molecule has 1 aromatic heterocycles. The van der Waals surface area contributed by atoms with Crippen LogP contribution < -0.4 is 14.8 Å². The molecule has 9 heteroatoms. The third-order valence-electron chi connectivity index (χ3n) is 7.28. The van der Waals surface area contributed by atoms with Crippen molar-refractivity contribution in [3.05, 3.63) is 46.2 Å². The molecule has 1 atom stereocenters. The van der Waals surface area contributed by atoms with Gasteiger partial charge in [0.05, 0.1) is 0 Å². The van der Waals surface area contributed by atoms with Crippen LogP contribution >= 0.6 is 11.3 Å². The lowest BCUT2D eigenvalue weighted by Crippen LogP contribution is -2.56. The zero-order valence-electron chi connectivity index (χ0n) is 20.0. The molecule has 0 aliphatic carbocycles. The Labute approximate surface area is 209 Å². The Morgan fingerprint density at radius 1 is 1.14 bits per heavy atom. The highest BCUT2D eigenvalue weighted by Gasteiger charge is 2.55. The summed E-state index contributed by atoms with van der Waals surface area (Å²) in [5, 5.41) is 5.09. The zero-order chi connectivity index (χ0) is 24.4. The second-order valence-electron chi connectivity index (χ2n) is 9.36. The van der Waals surface area contributed by atoms with Gasteiger partial charge >= 0.3 is 6.03 Å². The summed E-state index contributed by atoms with van der Waals surface area (Å²) >= 11 is 1.63. The lowest BCUT2D eigenvalue weighted by molar-refractivity contribution is -0.134. The normalized spacial score (nSPS) is 22.4. The summed E-state index contributed by atoms with van der Waals surface area (Å²) < 4.78 is 11.2. The van der Waals surface area contributed by atoms with Gasteiger partial charge < -0.3 is 19.7 Å². The molecule has 0 radical (unpaired) electrons. The molecule has 0 saturated carbocycles. The monoisotopic (exact) mass is 497 g/mol. The van der Waals surface area contributed by atoms with E-state index in [1.807, 2.05) is 29.3 Å². The smallest absolute Gasteiger partial charge is 0.325 e. The van der Waals surface area contributed by atoms with Crippen molar-refractivity contribution in [1.29, 1.82) is 0 Å². The van der Waals surface area contributed by atoms with Gasteiger partial charge in [0, 0.05) is 30.1 Å². The summed E-state index contributed by atoms with van der Waals surface area (Å²) in [4.78, 5) is 44.0. The van der Waals surface area contributed by atoms with Gasteiger partial charge in [-0.25, -0.2) is 4.79 Å². The molecule has 5 rings (SSSR count). The molecule has 2 saturated heterocycles. The van der Waals surface area contributed by atoms with Crippen molar-refractivity contribution in [3.8, 4) is 11.5 Å². The highest BCUT2D eigenvalue weighted by Crippen LogP contribution is 2.38. The second kappa shape index (κ2) is 9.89. The molecule has 35 heavy (non-hydrogen) atoms. The first-order valence-corrected chi connectivity index (χ1v) is 13.2. The van der Waals surface area contributed by atoms with E-state index in [4.69, 9.17) is 9.47 Å².